The second kappa shape index (κ2) is 12.3. The summed E-state index contributed by atoms with van der Waals surface area (Å²) in [4.78, 5) is 41.5. The number of rotatable bonds is 4. The topological polar surface area (TPSA) is 170 Å². The van der Waals surface area contributed by atoms with Gasteiger partial charge in [0.25, 0.3) is 5.91 Å². The highest BCUT2D eigenvalue weighted by molar-refractivity contribution is 5.89. The predicted molar refractivity (Wildman–Crippen MR) is 138 cm³/mol. The summed E-state index contributed by atoms with van der Waals surface area (Å²) in [5.41, 5.74) is 0.0547. The van der Waals surface area contributed by atoms with Gasteiger partial charge < -0.3 is 40.7 Å². The van der Waals surface area contributed by atoms with Gasteiger partial charge in [-0.3, -0.25) is 19.3 Å². The molecule has 3 aliphatic rings. The van der Waals surface area contributed by atoms with Gasteiger partial charge in [0.05, 0.1) is 12.6 Å². The summed E-state index contributed by atoms with van der Waals surface area (Å²) in [5, 5.41) is 39.5. The van der Waals surface area contributed by atoms with Crippen LogP contribution in [0.5, 0.6) is 5.75 Å². The Hall–Kier alpha value is -3.21. The Kier molecular flexibility index (Phi) is 9.09. The fraction of sp³-hybridized carbons (Fsp3) is 0.593. The highest BCUT2D eigenvalue weighted by Crippen LogP contribution is 2.29. The molecule has 1 spiro atoms. The molecule has 3 amide bonds. The van der Waals surface area contributed by atoms with Crippen LogP contribution in [0.1, 0.15) is 31.2 Å². The molecule has 0 aliphatic carbocycles. The first-order valence-electron chi connectivity index (χ1n) is 13.0. The summed E-state index contributed by atoms with van der Waals surface area (Å²) in [5.74, 6) is 1.37. The number of amides is 3. The lowest BCUT2D eigenvalue weighted by molar-refractivity contribution is -0.220. The van der Waals surface area contributed by atoms with Gasteiger partial charge in [-0.15, -0.1) is 12.3 Å². The van der Waals surface area contributed by atoms with Crippen molar-refractivity contribution in [3.8, 4) is 18.1 Å². The van der Waals surface area contributed by atoms with Crippen molar-refractivity contribution in [2.24, 2.45) is 0 Å². The molecular weight excluding hydrogens is 508 g/mol. The van der Waals surface area contributed by atoms with Crippen LogP contribution < -0.4 is 20.7 Å². The molecule has 3 saturated heterocycles. The van der Waals surface area contributed by atoms with E-state index in [0.29, 0.717) is 32.5 Å². The second-order valence-corrected chi connectivity index (χ2v) is 10.4. The Morgan fingerprint density at radius 2 is 1.87 bits per heavy atom. The van der Waals surface area contributed by atoms with Crippen molar-refractivity contribution in [2.45, 2.75) is 74.3 Å². The molecule has 39 heavy (non-hydrogen) atoms. The van der Waals surface area contributed by atoms with Crippen LogP contribution in [0.3, 0.4) is 0 Å². The summed E-state index contributed by atoms with van der Waals surface area (Å²) in [6.07, 6.45) is -1.59. The van der Waals surface area contributed by atoms with Gasteiger partial charge in [0.15, 0.2) is 6.10 Å². The first-order chi connectivity index (χ1) is 18.6. The standard InChI is InChI=1S/C27H36N4O8/c1-3-5-18-25(36)28-14-19-21(33)22(34)23(35)24(39-19)26(37)30-27(13-20(32)29-18)8-10-31(11-9-27)15-16-6-4-7-17(12-16)38-2/h1,4,6-7,12,18-19,21-24,33-35H,5,8-11,13-15H2,2H3,(H,28,36)(H,29,32)(H,30,37)/t18-,19+,21+,22-,23-,24+/m1/s1. The van der Waals surface area contributed by atoms with Gasteiger partial charge >= 0.3 is 0 Å². The van der Waals surface area contributed by atoms with E-state index in [-0.39, 0.29) is 19.4 Å². The number of carbonyl (C=O) groups excluding carboxylic acids is 3. The number of piperidine rings is 1. The molecule has 0 unspecified atom stereocenters. The number of nitrogens with zero attached hydrogens (tertiary/aromatic N) is 1. The molecule has 1 aromatic carbocycles. The summed E-state index contributed by atoms with van der Waals surface area (Å²) in [6, 6.07) is 6.70. The fourth-order valence-electron chi connectivity index (χ4n) is 5.39. The SMILES string of the molecule is C#CC[C@H]1NC(=O)CC2(CCN(Cc3cccc(OC)c3)CC2)NC(=O)[C@H]2O[C@@H](CNC1=O)[C@H](O)[C@@H](O)[C@H]2O. The van der Waals surface area contributed by atoms with Crippen LogP contribution in [0.2, 0.25) is 0 Å². The lowest BCUT2D eigenvalue weighted by Crippen LogP contribution is -2.66. The first kappa shape index (κ1) is 28.8. The molecule has 212 valence electrons. The van der Waals surface area contributed by atoms with Crippen molar-refractivity contribution in [1.29, 1.82) is 0 Å². The van der Waals surface area contributed by atoms with E-state index in [1.165, 1.54) is 0 Å². The molecule has 2 bridgehead atoms. The maximum Gasteiger partial charge on any atom is 0.252 e. The molecular formula is C27H36N4O8. The van der Waals surface area contributed by atoms with Crippen LogP contribution >= 0.6 is 0 Å². The number of aliphatic hydroxyl groups is 3. The van der Waals surface area contributed by atoms with Crippen LogP contribution in [0.25, 0.3) is 0 Å². The lowest BCUT2D eigenvalue weighted by atomic mass is 9.83. The Balaban J connectivity index is 1.56. The smallest absolute Gasteiger partial charge is 0.252 e. The largest absolute Gasteiger partial charge is 0.497 e. The van der Waals surface area contributed by atoms with E-state index in [1.807, 2.05) is 24.3 Å². The van der Waals surface area contributed by atoms with E-state index in [4.69, 9.17) is 15.9 Å². The van der Waals surface area contributed by atoms with Crippen molar-refractivity contribution in [3.05, 3.63) is 29.8 Å². The van der Waals surface area contributed by atoms with Crippen molar-refractivity contribution < 1.29 is 39.2 Å². The summed E-state index contributed by atoms with van der Waals surface area (Å²) in [6.45, 7) is 1.48. The average molecular weight is 545 g/mol. The first-order valence-corrected chi connectivity index (χ1v) is 13.0. The third kappa shape index (κ3) is 6.69. The number of terminal acetylenes is 1. The normalized spacial score (nSPS) is 31.9. The number of fused-ring (bicyclic) bond motifs is 2. The van der Waals surface area contributed by atoms with Crippen LogP contribution in [0, 0.1) is 12.3 Å². The maximum absolute atomic E-state index is 13.4. The van der Waals surface area contributed by atoms with E-state index in [1.54, 1.807) is 7.11 Å². The average Bonchev–Trinajstić information content (AvgIpc) is 2.92. The molecule has 1 aromatic rings. The third-order valence-electron chi connectivity index (χ3n) is 7.66. The minimum absolute atomic E-state index is 0.0662. The molecule has 3 fully saturated rings. The van der Waals surface area contributed by atoms with Crippen molar-refractivity contribution in [1.82, 2.24) is 20.9 Å². The number of hydrogen-bond donors (Lipinski definition) is 6. The monoisotopic (exact) mass is 544 g/mol. The quantitative estimate of drug-likeness (QED) is 0.235. The highest BCUT2D eigenvalue weighted by Gasteiger charge is 2.49. The molecule has 3 heterocycles. The molecule has 0 saturated carbocycles. The van der Waals surface area contributed by atoms with E-state index in [9.17, 15) is 29.7 Å². The van der Waals surface area contributed by atoms with Gasteiger partial charge in [-0.05, 0) is 30.5 Å². The van der Waals surface area contributed by atoms with E-state index in [2.05, 4.69) is 26.8 Å². The third-order valence-corrected chi connectivity index (χ3v) is 7.66. The molecule has 6 atom stereocenters. The molecule has 0 radical (unpaired) electrons. The Morgan fingerprint density at radius 3 is 2.56 bits per heavy atom. The number of likely N-dealkylation sites (tertiary alicyclic amines) is 1. The Bertz CT molecular complexity index is 1100. The van der Waals surface area contributed by atoms with Crippen LogP contribution in [-0.4, -0.2) is 107 Å². The zero-order valence-electron chi connectivity index (χ0n) is 21.8. The number of nitrogens with one attached hydrogen (secondary N) is 3. The summed E-state index contributed by atoms with van der Waals surface area (Å²) >= 11 is 0. The fourth-order valence-corrected chi connectivity index (χ4v) is 5.39. The molecule has 0 aromatic heterocycles. The van der Waals surface area contributed by atoms with E-state index < -0.39 is 59.8 Å². The van der Waals surface area contributed by atoms with Gasteiger partial charge in [-0.25, -0.2) is 0 Å². The molecule has 4 rings (SSSR count). The number of hydrogen-bond acceptors (Lipinski definition) is 9. The molecule has 6 N–H and O–H groups in total. The van der Waals surface area contributed by atoms with Gasteiger partial charge in [0, 0.05) is 39.0 Å². The number of carbonyl (C=O) groups is 3. The van der Waals surface area contributed by atoms with Crippen molar-refractivity contribution in [3.63, 3.8) is 0 Å². The minimum atomic E-state index is -1.70. The number of ether oxygens (including phenoxy) is 2. The summed E-state index contributed by atoms with van der Waals surface area (Å²) < 4.78 is 11.0. The lowest BCUT2D eigenvalue weighted by Gasteiger charge is -2.44. The van der Waals surface area contributed by atoms with Crippen molar-refractivity contribution >= 4 is 17.7 Å². The van der Waals surface area contributed by atoms with E-state index >= 15 is 0 Å². The van der Waals surface area contributed by atoms with Gasteiger partial charge in [0.1, 0.15) is 36.2 Å². The predicted octanol–water partition coefficient (Wildman–Crippen LogP) is -1.98. The minimum Gasteiger partial charge on any atom is -0.497 e. The zero-order chi connectivity index (χ0) is 28.2. The van der Waals surface area contributed by atoms with Gasteiger partial charge in [-0.1, -0.05) is 12.1 Å². The Morgan fingerprint density at radius 1 is 1.13 bits per heavy atom. The van der Waals surface area contributed by atoms with Crippen LogP contribution in [-0.2, 0) is 25.7 Å². The van der Waals surface area contributed by atoms with Crippen LogP contribution in [0.4, 0.5) is 0 Å². The molecule has 12 nitrogen and oxygen atoms in total. The maximum atomic E-state index is 13.4. The zero-order valence-corrected chi connectivity index (χ0v) is 21.8. The highest BCUT2D eigenvalue weighted by atomic mass is 16.5. The summed E-state index contributed by atoms with van der Waals surface area (Å²) in [7, 11) is 1.61. The molecule has 12 heteroatoms. The van der Waals surface area contributed by atoms with Crippen LogP contribution in [0.15, 0.2) is 24.3 Å². The number of methoxy groups -OCH3 is 1. The van der Waals surface area contributed by atoms with E-state index in [0.717, 1.165) is 11.3 Å². The van der Waals surface area contributed by atoms with Gasteiger partial charge in [0.2, 0.25) is 11.8 Å². The Labute approximate surface area is 227 Å². The number of benzene rings is 1. The number of aliphatic hydroxyl groups excluding tert-OH is 3. The van der Waals surface area contributed by atoms with Gasteiger partial charge in [-0.2, -0.15) is 0 Å². The molecule has 3 aliphatic heterocycles. The second-order valence-electron chi connectivity index (χ2n) is 10.4. The van der Waals surface area contributed by atoms with Crippen molar-refractivity contribution in [2.75, 3.05) is 26.7 Å².